The zero-order valence-electron chi connectivity index (χ0n) is 12.0. The maximum absolute atomic E-state index is 12.4. The fraction of sp³-hybridized carbons (Fsp3) is 1.00. The first-order valence-corrected chi connectivity index (χ1v) is 9.15. The van der Waals surface area contributed by atoms with Gasteiger partial charge in [0.1, 0.15) is 0 Å². The van der Waals surface area contributed by atoms with Crippen LogP contribution in [0.25, 0.3) is 0 Å². The van der Waals surface area contributed by atoms with Gasteiger partial charge in [-0.05, 0) is 25.7 Å². The predicted octanol–water partition coefficient (Wildman–Crippen LogP) is 0.124. The van der Waals surface area contributed by atoms with Crippen LogP contribution >= 0.6 is 0 Å². The summed E-state index contributed by atoms with van der Waals surface area (Å²) in [5, 5.41) is 0. The van der Waals surface area contributed by atoms with E-state index in [2.05, 4.69) is 4.90 Å². The van der Waals surface area contributed by atoms with Gasteiger partial charge in [-0.1, -0.05) is 0 Å². The molecule has 3 aliphatic heterocycles. The smallest absolute Gasteiger partial charge is 0.282 e. The number of ether oxygens (including phenoxy) is 1. The van der Waals surface area contributed by atoms with Crippen molar-refractivity contribution in [2.75, 3.05) is 52.4 Å². The fourth-order valence-electron chi connectivity index (χ4n) is 3.30. The minimum atomic E-state index is -3.20. The van der Waals surface area contributed by atoms with Crippen molar-refractivity contribution >= 4 is 10.2 Å². The van der Waals surface area contributed by atoms with Crippen LogP contribution in [0.4, 0.5) is 0 Å². The highest BCUT2D eigenvalue weighted by Gasteiger charge is 2.34. The van der Waals surface area contributed by atoms with Crippen LogP contribution in [0.3, 0.4) is 0 Å². The molecule has 3 saturated heterocycles. The Labute approximate surface area is 121 Å². The Morgan fingerprint density at radius 3 is 2.15 bits per heavy atom. The first-order valence-electron chi connectivity index (χ1n) is 7.75. The molecule has 0 unspecified atom stereocenters. The largest absolute Gasteiger partial charge is 0.377 e. The molecule has 6 nitrogen and oxygen atoms in total. The molecule has 0 aromatic heterocycles. The molecule has 0 N–H and O–H groups in total. The highest BCUT2D eigenvalue weighted by molar-refractivity contribution is 7.86. The Bertz CT molecular complexity index is 409. The molecule has 0 radical (unpaired) electrons. The topological polar surface area (TPSA) is 53.1 Å². The number of rotatable bonds is 4. The molecule has 116 valence electrons. The molecule has 3 aliphatic rings. The van der Waals surface area contributed by atoms with E-state index < -0.39 is 10.2 Å². The second-order valence-corrected chi connectivity index (χ2v) is 7.88. The number of piperazine rings is 1. The van der Waals surface area contributed by atoms with Crippen molar-refractivity contribution in [3.8, 4) is 0 Å². The van der Waals surface area contributed by atoms with Crippen LogP contribution in [0.2, 0.25) is 0 Å². The van der Waals surface area contributed by atoms with E-state index in [4.69, 9.17) is 4.74 Å². The van der Waals surface area contributed by atoms with E-state index in [1.165, 1.54) is 0 Å². The molecule has 0 spiro atoms. The second-order valence-electron chi connectivity index (χ2n) is 5.95. The summed E-state index contributed by atoms with van der Waals surface area (Å²) in [6, 6.07) is 0. The van der Waals surface area contributed by atoms with E-state index >= 15 is 0 Å². The van der Waals surface area contributed by atoms with Gasteiger partial charge >= 0.3 is 0 Å². The van der Waals surface area contributed by atoms with Crippen molar-refractivity contribution in [3.63, 3.8) is 0 Å². The van der Waals surface area contributed by atoms with Gasteiger partial charge in [0.05, 0.1) is 6.10 Å². The standard InChI is InChI=1S/C13H25N3O3S/c17-20(18,15-5-1-2-6-15)16-9-7-14(8-10-16)12-13-4-3-11-19-13/h13H,1-12H2/t13-/m1/s1. The van der Waals surface area contributed by atoms with Crippen LogP contribution in [-0.2, 0) is 14.9 Å². The number of hydrogen-bond acceptors (Lipinski definition) is 4. The van der Waals surface area contributed by atoms with Gasteiger partial charge in [0.2, 0.25) is 0 Å². The van der Waals surface area contributed by atoms with E-state index in [-0.39, 0.29) is 0 Å². The predicted molar refractivity (Wildman–Crippen MR) is 76.7 cm³/mol. The van der Waals surface area contributed by atoms with Gasteiger partial charge in [0.15, 0.2) is 0 Å². The third-order valence-electron chi connectivity index (χ3n) is 4.53. The minimum Gasteiger partial charge on any atom is -0.377 e. The third-order valence-corrected chi connectivity index (χ3v) is 6.57. The number of hydrogen-bond donors (Lipinski definition) is 0. The SMILES string of the molecule is O=S(=O)(N1CCCC1)N1CCN(C[C@H]2CCCO2)CC1. The highest BCUT2D eigenvalue weighted by atomic mass is 32.2. The van der Waals surface area contributed by atoms with Gasteiger partial charge in [-0.2, -0.15) is 17.0 Å². The van der Waals surface area contributed by atoms with Crippen molar-refractivity contribution in [3.05, 3.63) is 0 Å². The lowest BCUT2D eigenvalue weighted by Crippen LogP contribution is -2.53. The average molecular weight is 303 g/mol. The normalized spacial score (nSPS) is 31.1. The monoisotopic (exact) mass is 303 g/mol. The van der Waals surface area contributed by atoms with Crippen LogP contribution in [0, 0.1) is 0 Å². The van der Waals surface area contributed by atoms with E-state index in [0.29, 0.717) is 32.3 Å². The molecule has 3 rings (SSSR count). The van der Waals surface area contributed by atoms with Gasteiger partial charge < -0.3 is 4.74 Å². The quantitative estimate of drug-likeness (QED) is 0.740. The van der Waals surface area contributed by atoms with E-state index in [1.54, 1.807) is 8.61 Å². The van der Waals surface area contributed by atoms with E-state index in [1.807, 2.05) is 0 Å². The summed E-state index contributed by atoms with van der Waals surface area (Å²) >= 11 is 0. The first-order chi connectivity index (χ1) is 9.66. The van der Waals surface area contributed by atoms with Gasteiger partial charge in [0, 0.05) is 52.4 Å². The van der Waals surface area contributed by atoms with Crippen molar-refractivity contribution < 1.29 is 13.2 Å². The molecule has 3 fully saturated rings. The van der Waals surface area contributed by atoms with Crippen molar-refractivity contribution in [1.82, 2.24) is 13.5 Å². The summed E-state index contributed by atoms with van der Waals surface area (Å²) in [7, 11) is -3.20. The summed E-state index contributed by atoms with van der Waals surface area (Å²) in [6.45, 7) is 6.11. The molecule has 3 heterocycles. The lowest BCUT2D eigenvalue weighted by Gasteiger charge is -2.36. The minimum absolute atomic E-state index is 0.358. The Kier molecular flexibility index (Phi) is 4.62. The molecule has 0 aliphatic carbocycles. The maximum atomic E-state index is 12.4. The maximum Gasteiger partial charge on any atom is 0.282 e. The zero-order chi connectivity index (χ0) is 14.0. The summed E-state index contributed by atoms with van der Waals surface area (Å²) in [6.07, 6.45) is 4.66. The molecule has 1 atom stereocenters. The molecule has 20 heavy (non-hydrogen) atoms. The Balaban J connectivity index is 1.50. The summed E-state index contributed by atoms with van der Waals surface area (Å²) < 4.78 is 33.8. The lowest BCUT2D eigenvalue weighted by atomic mass is 10.2. The zero-order valence-corrected chi connectivity index (χ0v) is 12.9. The Morgan fingerprint density at radius 2 is 1.55 bits per heavy atom. The van der Waals surface area contributed by atoms with Crippen LogP contribution in [0.1, 0.15) is 25.7 Å². The van der Waals surface area contributed by atoms with Crippen LogP contribution in [0.5, 0.6) is 0 Å². The van der Waals surface area contributed by atoms with E-state index in [9.17, 15) is 8.42 Å². The Morgan fingerprint density at radius 1 is 0.900 bits per heavy atom. The van der Waals surface area contributed by atoms with Gasteiger partial charge in [-0.15, -0.1) is 0 Å². The first kappa shape index (κ1) is 14.7. The average Bonchev–Trinajstić information content (AvgIpc) is 3.12. The lowest BCUT2D eigenvalue weighted by molar-refractivity contribution is 0.0611. The van der Waals surface area contributed by atoms with Crippen molar-refractivity contribution in [2.24, 2.45) is 0 Å². The van der Waals surface area contributed by atoms with Gasteiger partial charge in [-0.3, -0.25) is 4.90 Å². The van der Waals surface area contributed by atoms with Crippen molar-refractivity contribution in [1.29, 1.82) is 0 Å². The summed E-state index contributed by atoms with van der Waals surface area (Å²) in [5.74, 6) is 0. The second kappa shape index (κ2) is 6.27. The third kappa shape index (κ3) is 3.17. The molecule has 0 aromatic carbocycles. The molecular weight excluding hydrogens is 278 g/mol. The molecule has 0 amide bonds. The molecule has 0 bridgehead atoms. The molecule has 7 heteroatoms. The van der Waals surface area contributed by atoms with Crippen LogP contribution in [-0.4, -0.2) is 80.5 Å². The summed E-state index contributed by atoms with van der Waals surface area (Å²) in [4.78, 5) is 2.34. The number of nitrogens with zero attached hydrogens (tertiary/aromatic N) is 3. The Hall–Kier alpha value is -0.210. The summed E-state index contributed by atoms with van der Waals surface area (Å²) in [5.41, 5.74) is 0. The van der Waals surface area contributed by atoms with Crippen molar-refractivity contribution in [2.45, 2.75) is 31.8 Å². The molecule has 0 aromatic rings. The van der Waals surface area contributed by atoms with Gasteiger partial charge in [-0.25, -0.2) is 0 Å². The molecule has 0 saturated carbocycles. The van der Waals surface area contributed by atoms with Crippen LogP contribution < -0.4 is 0 Å². The fourth-order valence-corrected chi connectivity index (χ4v) is 4.97. The van der Waals surface area contributed by atoms with E-state index in [0.717, 1.165) is 51.9 Å². The van der Waals surface area contributed by atoms with Gasteiger partial charge in [0.25, 0.3) is 10.2 Å². The highest BCUT2D eigenvalue weighted by Crippen LogP contribution is 2.19. The molecular formula is C13H25N3O3S. The van der Waals surface area contributed by atoms with Crippen LogP contribution in [0.15, 0.2) is 0 Å².